The van der Waals surface area contributed by atoms with Gasteiger partial charge in [-0.05, 0) is 55.2 Å². The van der Waals surface area contributed by atoms with E-state index in [-0.39, 0.29) is 6.54 Å². The second-order valence-corrected chi connectivity index (χ2v) is 6.14. The second-order valence-electron chi connectivity index (χ2n) is 6.14. The molecule has 25 heavy (non-hydrogen) atoms. The Kier molecular flexibility index (Phi) is 5.28. The molecule has 3 rings (SSSR count). The number of aliphatic hydroxyl groups is 1. The molecule has 0 radical (unpaired) electrons. The summed E-state index contributed by atoms with van der Waals surface area (Å²) < 4.78 is 32.8. The van der Waals surface area contributed by atoms with E-state index in [1.807, 2.05) is 0 Å². The van der Waals surface area contributed by atoms with Gasteiger partial charge in [0.15, 0.2) is 0 Å². The zero-order valence-electron chi connectivity index (χ0n) is 13.5. The third-order valence-corrected chi connectivity index (χ3v) is 4.09. The Bertz CT molecular complexity index is 725. The maximum Gasteiger partial charge on any atom is 0.251 e. The maximum absolute atomic E-state index is 13.6. The van der Waals surface area contributed by atoms with Crippen LogP contribution in [0.5, 0.6) is 5.75 Å². The molecule has 2 aromatic rings. The summed E-state index contributed by atoms with van der Waals surface area (Å²) in [5, 5.41) is 12.4. The fourth-order valence-corrected chi connectivity index (χ4v) is 2.42. The van der Waals surface area contributed by atoms with Crippen LogP contribution < -0.4 is 10.1 Å². The number of hydrogen-bond donors (Lipinski definition) is 2. The molecular formula is C19H19F2NO3. The van der Waals surface area contributed by atoms with Gasteiger partial charge in [-0.25, -0.2) is 8.78 Å². The molecule has 1 amide bonds. The first-order valence-electron chi connectivity index (χ1n) is 8.17. The minimum absolute atomic E-state index is 0.295. The van der Waals surface area contributed by atoms with Gasteiger partial charge in [0.05, 0.1) is 12.2 Å². The topological polar surface area (TPSA) is 58.6 Å². The molecule has 2 N–H and O–H groups in total. The molecule has 0 aromatic heterocycles. The van der Waals surface area contributed by atoms with Gasteiger partial charge in [-0.15, -0.1) is 0 Å². The van der Waals surface area contributed by atoms with E-state index in [0.29, 0.717) is 23.8 Å². The first-order chi connectivity index (χ1) is 12.0. The maximum atomic E-state index is 13.6. The molecule has 0 bridgehead atoms. The van der Waals surface area contributed by atoms with E-state index >= 15 is 0 Å². The molecule has 0 spiro atoms. The molecule has 1 atom stereocenters. The van der Waals surface area contributed by atoms with Crippen molar-refractivity contribution in [1.29, 1.82) is 0 Å². The SMILES string of the molecule is O=C(NCC(O)c1c(F)cccc1F)c1ccc(OCC2CC2)cc1. The fourth-order valence-electron chi connectivity index (χ4n) is 2.42. The van der Waals surface area contributed by atoms with Gasteiger partial charge < -0.3 is 15.2 Å². The van der Waals surface area contributed by atoms with Crippen molar-refractivity contribution in [2.45, 2.75) is 18.9 Å². The number of rotatable bonds is 7. The molecule has 1 fully saturated rings. The molecule has 132 valence electrons. The van der Waals surface area contributed by atoms with E-state index in [1.54, 1.807) is 24.3 Å². The number of nitrogens with one attached hydrogen (secondary N) is 1. The summed E-state index contributed by atoms with van der Waals surface area (Å²) in [6.45, 7) is 0.391. The predicted molar refractivity (Wildman–Crippen MR) is 88.3 cm³/mol. The Morgan fingerprint density at radius 3 is 2.40 bits per heavy atom. The van der Waals surface area contributed by atoms with Crippen molar-refractivity contribution in [3.63, 3.8) is 0 Å². The van der Waals surface area contributed by atoms with Crippen LogP contribution in [0.4, 0.5) is 8.78 Å². The Morgan fingerprint density at radius 2 is 1.80 bits per heavy atom. The average molecular weight is 347 g/mol. The lowest BCUT2D eigenvalue weighted by molar-refractivity contribution is 0.0911. The Labute approximate surface area is 144 Å². The average Bonchev–Trinajstić information content (AvgIpc) is 3.42. The van der Waals surface area contributed by atoms with Crippen LogP contribution >= 0.6 is 0 Å². The second kappa shape index (κ2) is 7.61. The standard InChI is InChI=1S/C19H19F2NO3/c20-15-2-1-3-16(21)18(15)17(23)10-22-19(24)13-6-8-14(9-7-13)25-11-12-4-5-12/h1-3,6-9,12,17,23H,4-5,10-11H2,(H,22,24). The molecule has 1 saturated carbocycles. The molecule has 6 heteroatoms. The third-order valence-electron chi connectivity index (χ3n) is 4.09. The minimum atomic E-state index is -1.47. The summed E-state index contributed by atoms with van der Waals surface area (Å²) in [7, 11) is 0. The molecule has 4 nitrogen and oxygen atoms in total. The molecule has 0 saturated heterocycles. The highest BCUT2D eigenvalue weighted by Crippen LogP contribution is 2.29. The first-order valence-corrected chi connectivity index (χ1v) is 8.17. The Morgan fingerprint density at radius 1 is 1.16 bits per heavy atom. The molecule has 0 heterocycles. The van der Waals surface area contributed by atoms with Gasteiger partial charge in [-0.2, -0.15) is 0 Å². The number of aliphatic hydroxyl groups excluding tert-OH is 1. The van der Waals surface area contributed by atoms with Crippen LogP contribution in [0.2, 0.25) is 0 Å². The number of halogens is 2. The number of carbonyl (C=O) groups excluding carboxylic acids is 1. The van der Waals surface area contributed by atoms with E-state index in [2.05, 4.69) is 5.32 Å². The van der Waals surface area contributed by atoms with Crippen molar-refractivity contribution >= 4 is 5.91 Å². The predicted octanol–water partition coefficient (Wildman–Crippen LogP) is 3.22. The largest absolute Gasteiger partial charge is 0.493 e. The van der Waals surface area contributed by atoms with Crippen LogP contribution in [-0.2, 0) is 0 Å². The van der Waals surface area contributed by atoms with Crippen LogP contribution in [0.3, 0.4) is 0 Å². The lowest BCUT2D eigenvalue weighted by atomic mass is 10.1. The molecular weight excluding hydrogens is 328 g/mol. The lowest BCUT2D eigenvalue weighted by Gasteiger charge is -2.14. The summed E-state index contributed by atoms with van der Waals surface area (Å²) in [6, 6.07) is 9.94. The van der Waals surface area contributed by atoms with Crippen LogP contribution in [0.15, 0.2) is 42.5 Å². The monoisotopic (exact) mass is 347 g/mol. The molecule has 1 aliphatic carbocycles. The van der Waals surface area contributed by atoms with Gasteiger partial charge in [0.25, 0.3) is 5.91 Å². The van der Waals surface area contributed by atoms with E-state index in [4.69, 9.17) is 4.74 Å². The first kappa shape index (κ1) is 17.4. The van der Waals surface area contributed by atoms with E-state index in [1.165, 1.54) is 18.9 Å². The normalized spacial score (nSPS) is 14.8. The molecule has 1 aliphatic rings. The van der Waals surface area contributed by atoms with Gasteiger partial charge in [-0.3, -0.25) is 4.79 Å². The van der Waals surface area contributed by atoms with Gasteiger partial charge >= 0.3 is 0 Å². The number of ether oxygens (including phenoxy) is 1. The molecule has 0 aliphatic heterocycles. The number of amides is 1. The quantitative estimate of drug-likeness (QED) is 0.809. The van der Waals surface area contributed by atoms with Crippen LogP contribution in [0.25, 0.3) is 0 Å². The van der Waals surface area contributed by atoms with E-state index < -0.39 is 29.2 Å². The van der Waals surface area contributed by atoms with Gasteiger partial charge in [0, 0.05) is 12.1 Å². The number of hydrogen-bond acceptors (Lipinski definition) is 3. The van der Waals surface area contributed by atoms with E-state index in [0.717, 1.165) is 12.1 Å². The molecule has 2 aromatic carbocycles. The highest BCUT2D eigenvalue weighted by Gasteiger charge is 2.22. The zero-order valence-corrected chi connectivity index (χ0v) is 13.5. The number of carbonyl (C=O) groups is 1. The van der Waals surface area contributed by atoms with Crippen molar-refractivity contribution in [2.24, 2.45) is 5.92 Å². The fraction of sp³-hybridized carbons (Fsp3) is 0.316. The highest BCUT2D eigenvalue weighted by molar-refractivity contribution is 5.94. The smallest absolute Gasteiger partial charge is 0.251 e. The summed E-state index contributed by atoms with van der Waals surface area (Å²) in [4.78, 5) is 12.1. The van der Waals surface area contributed by atoms with Crippen LogP contribution in [0.1, 0.15) is 34.9 Å². The number of benzene rings is 2. The van der Waals surface area contributed by atoms with Crippen LogP contribution in [0, 0.1) is 17.6 Å². The molecule has 1 unspecified atom stereocenters. The zero-order chi connectivity index (χ0) is 17.8. The summed E-state index contributed by atoms with van der Waals surface area (Å²) in [6.07, 6.45) is 0.933. The van der Waals surface area contributed by atoms with Gasteiger partial charge in [0.1, 0.15) is 23.5 Å². The van der Waals surface area contributed by atoms with Crippen molar-refractivity contribution < 1.29 is 23.4 Å². The highest BCUT2D eigenvalue weighted by atomic mass is 19.1. The van der Waals surface area contributed by atoms with Crippen LogP contribution in [-0.4, -0.2) is 24.2 Å². The van der Waals surface area contributed by atoms with Gasteiger partial charge in [0.2, 0.25) is 0 Å². The van der Waals surface area contributed by atoms with E-state index in [9.17, 15) is 18.7 Å². The van der Waals surface area contributed by atoms with Gasteiger partial charge in [-0.1, -0.05) is 6.07 Å². The summed E-state index contributed by atoms with van der Waals surface area (Å²) in [5.41, 5.74) is -0.0772. The summed E-state index contributed by atoms with van der Waals surface area (Å²) >= 11 is 0. The van der Waals surface area contributed by atoms with Crippen molar-refractivity contribution in [1.82, 2.24) is 5.32 Å². The Balaban J connectivity index is 1.54. The summed E-state index contributed by atoms with van der Waals surface area (Å²) in [5.74, 6) is -0.803. The van der Waals surface area contributed by atoms with Crippen molar-refractivity contribution in [2.75, 3.05) is 13.2 Å². The Hall–Kier alpha value is -2.47. The lowest BCUT2D eigenvalue weighted by Crippen LogP contribution is -2.29. The van der Waals surface area contributed by atoms with Crippen molar-refractivity contribution in [3.05, 3.63) is 65.2 Å². The third kappa shape index (κ3) is 4.54. The van der Waals surface area contributed by atoms with Crippen molar-refractivity contribution in [3.8, 4) is 5.75 Å². The minimum Gasteiger partial charge on any atom is -0.493 e.